The second-order valence-electron chi connectivity index (χ2n) is 24.1. The molecular formula is C66H124O14. The largest absolute Gasteiger partial charge is 0.460 e. The third-order valence-electron chi connectivity index (χ3n) is 16.7. The highest BCUT2D eigenvalue weighted by Gasteiger charge is 2.63. The molecule has 0 aromatic rings. The van der Waals surface area contributed by atoms with E-state index in [1.165, 1.54) is 193 Å². The third kappa shape index (κ3) is 34.8. The van der Waals surface area contributed by atoms with Gasteiger partial charge in [0.1, 0.15) is 37.1 Å². The lowest BCUT2D eigenvalue weighted by molar-refractivity contribution is -0.384. The van der Waals surface area contributed by atoms with Gasteiger partial charge < -0.3 is 54.0 Å². The molecule has 0 aromatic carbocycles. The zero-order chi connectivity index (χ0) is 58.2. The lowest BCUT2D eigenvalue weighted by Gasteiger charge is -2.43. The summed E-state index contributed by atoms with van der Waals surface area (Å²) in [7, 11) is 0. The lowest BCUT2D eigenvalue weighted by Crippen LogP contribution is -2.63. The van der Waals surface area contributed by atoms with Crippen LogP contribution in [0, 0.1) is 0 Å². The van der Waals surface area contributed by atoms with Gasteiger partial charge in [-0.25, -0.2) is 0 Å². The number of esters is 3. The number of hydrogen-bond acceptors (Lipinski definition) is 14. The zero-order valence-corrected chi connectivity index (χ0v) is 51.6. The van der Waals surface area contributed by atoms with Crippen molar-refractivity contribution >= 4 is 17.9 Å². The number of carbonyl (C=O) groups is 3. The second-order valence-corrected chi connectivity index (χ2v) is 24.1. The molecule has 472 valence electrons. The third-order valence-corrected chi connectivity index (χ3v) is 16.7. The first-order chi connectivity index (χ1) is 39.1. The van der Waals surface area contributed by atoms with Gasteiger partial charge in [-0.15, -0.1) is 0 Å². The molecule has 0 saturated carbocycles. The highest BCUT2D eigenvalue weighted by molar-refractivity contribution is 5.71. The first-order valence-corrected chi connectivity index (χ1v) is 33.9. The first-order valence-electron chi connectivity index (χ1n) is 33.9. The predicted molar refractivity (Wildman–Crippen MR) is 319 cm³/mol. The molecule has 80 heavy (non-hydrogen) atoms. The van der Waals surface area contributed by atoms with E-state index in [0.29, 0.717) is 19.3 Å². The maximum Gasteiger partial charge on any atom is 0.306 e. The van der Waals surface area contributed by atoms with Crippen molar-refractivity contribution in [2.75, 3.05) is 19.8 Å². The van der Waals surface area contributed by atoms with Crippen molar-refractivity contribution in [3.8, 4) is 0 Å². The highest BCUT2D eigenvalue weighted by atomic mass is 16.8. The average molecular weight is 1140 g/mol. The molecule has 0 radical (unpaired) electrons. The Morgan fingerprint density at radius 3 is 1.00 bits per heavy atom. The minimum Gasteiger partial charge on any atom is -0.460 e. The summed E-state index contributed by atoms with van der Waals surface area (Å²) in [5, 5.41) is 53.4. The molecule has 2 rings (SSSR count). The minimum absolute atomic E-state index is 0.0213. The Labute approximate surface area is 488 Å². The number of unbranched alkanes of at least 4 members (excludes halogenated alkanes) is 42. The van der Waals surface area contributed by atoms with Crippen LogP contribution in [0.5, 0.6) is 0 Å². The lowest BCUT2D eigenvalue weighted by atomic mass is 9.98. The molecule has 0 aliphatic carbocycles. The monoisotopic (exact) mass is 1140 g/mol. The molecule has 0 bridgehead atoms. The van der Waals surface area contributed by atoms with Crippen LogP contribution in [-0.4, -0.2) is 118 Å². The van der Waals surface area contributed by atoms with Crippen molar-refractivity contribution in [3.63, 3.8) is 0 Å². The van der Waals surface area contributed by atoms with Crippen molar-refractivity contribution < 1.29 is 68.3 Å². The van der Waals surface area contributed by atoms with Crippen molar-refractivity contribution in [3.05, 3.63) is 0 Å². The fraction of sp³-hybridized carbons (Fsp3) is 0.955. The van der Waals surface area contributed by atoms with Crippen molar-refractivity contribution in [1.29, 1.82) is 0 Å². The molecule has 5 N–H and O–H groups in total. The Morgan fingerprint density at radius 2 is 0.675 bits per heavy atom. The minimum atomic E-state index is -2.32. The van der Waals surface area contributed by atoms with Crippen LogP contribution in [-0.2, 0) is 42.8 Å². The molecule has 14 nitrogen and oxygen atoms in total. The molecule has 9 atom stereocenters. The molecule has 9 unspecified atom stereocenters. The number of hydrogen-bond donors (Lipinski definition) is 5. The fourth-order valence-corrected chi connectivity index (χ4v) is 11.5. The van der Waals surface area contributed by atoms with Gasteiger partial charge in [-0.1, -0.05) is 290 Å². The fourth-order valence-electron chi connectivity index (χ4n) is 11.5. The van der Waals surface area contributed by atoms with E-state index in [1.807, 2.05) is 0 Å². The molecular weight excluding hydrogens is 1020 g/mol. The quantitative estimate of drug-likeness (QED) is 0.0218. The Morgan fingerprint density at radius 1 is 0.375 bits per heavy atom. The Balaban J connectivity index is 2.08. The molecule has 2 aliphatic rings. The number of aliphatic hydroxyl groups excluding tert-OH is 5. The number of rotatable bonds is 56. The van der Waals surface area contributed by atoms with Crippen LogP contribution in [0.3, 0.4) is 0 Å². The Bertz CT molecular complexity index is 1450. The summed E-state index contributed by atoms with van der Waals surface area (Å²) in [5.41, 5.74) is 0. The predicted octanol–water partition coefficient (Wildman–Crippen LogP) is 15.0. The van der Waals surface area contributed by atoms with Gasteiger partial charge in [-0.2, -0.15) is 0 Å². The van der Waals surface area contributed by atoms with Crippen LogP contribution in [0.15, 0.2) is 0 Å². The number of aliphatic hydroxyl groups is 5. The summed E-state index contributed by atoms with van der Waals surface area (Å²) < 4.78 is 36.5. The smallest absolute Gasteiger partial charge is 0.306 e. The van der Waals surface area contributed by atoms with E-state index in [1.54, 1.807) is 0 Å². The first kappa shape index (κ1) is 74.2. The van der Waals surface area contributed by atoms with E-state index >= 15 is 0 Å². The molecule has 0 amide bonds. The standard InChI is InChI=1S/C66H124O14/c1-4-7-10-13-16-19-22-25-28-31-34-37-40-43-46-49-57(69)75-54-66(80-65-62(74)61(73)60(72)55(52-67)76-65)64(78-59(71)51-48-45-42-39-36-33-30-27-24-21-18-15-12-9-6-3)63(56(53-68)79-66)77-58(70)50-47-44-41-38-35-32-29-26-23-20-17-14-11-8-5-2/h55-56,60-65,67-68,72-74H,4-54H2,1-3H3. The van der Waals surface area contributed by atoms with Crippen LogP contribution < -0.4 is 0 Å². The Kier molecular flexibility index (Phi) is 46.8. The highest BCUT2D eigenvalue weighted by Crippen LogP contribution is 2.41. The molecule has 14 heteroatoms. The molecule has 2 heterocycles. The maximum atomic E-state index is 13.9. The van der Waals surface area contributed by atoms with E-state index in [2.05, 4.69) is 20.8 Å². The van der Waals surface area contributed by atoms with Gasteiger partial charge in [0.25, 0.3) is 0 Å². The normalized spacial score (nSPS) is 22.9. The summed E-state index contributed by atoms with van der Waals surface area (Å²) in [6.07, 6.45) is 40.0. The van der Waals surface area contributed by atoms with Crippen LogP contribution in [0.25, 0.3) is 0 Å². The van der Waals surface area contributed by atoms with Gasteiger partial charge in [0.15, 0.2) is 18.5 Å². The summed E-state index contributed by atoms with van der Waals surface area (Å²) in [5.74, 6) is -4.15. The van der Waals surface area contributed by atoms with Gasteiger partial charge in [0.05, 0.1) is 13.2 Å². The van der Waals surface area contributed by atoms with Gasteiger partial charge in [0, 0.05) is 19.3 Å². The van der Waals surface area contributed by atoms with E-state index in [-0.39, 0.29) is 19.3 Å². The molecule has 0 spiro atoms. The van der Waals surface area contributed by atoms with Crippen LogP contribution in [0.2, 0.25) is 0 Å². The molecule has 2 fully saturated rings. The van der Waals surface area contributed by atoms with Crippen LogP contribution in [0.1, 0.15) is 329 Å². The Hall–Kier alpha value is -1.91. The average Bonchev–Trinajstić information content (AvgIpc) is 3.99. The van der Waals surface area contributed by atoms with E-state index in [0.717, 1.165) is 77.0 Å². The van der Waals surface area contributed by atoms with Gasteiger partial charge in [-0.3, -0.25) is 14.4 Å². The van der Waals surface area contributed by atoms with Crippen molar-refractivity contribution in [2.45, 2.75) is 384 Å². The SMILES string of the molecule is CCCCCCCCCCCCCCCCCC(=O)OCC1(OC2OC(CO)C(O)C(O)C2O)OC(CO)C(OC(=O)CCCCCCCCCCCCCCCCC)C1OC(=O)CCCCCCCCCCCCCCCCC. The molecule has 2 aliphatic heterocycles. The number of ether oxygens (including phenoxy) is 6. The van der Waals surface area contributed by atoms with Gasteiger partial charge in [0.2, 0.25) is 5.79 Å². The van der Waals surface area contributed by atoms with Gasteiger partial charge in [-0.05, 0) is 19.3 Å². The summed E-state index contributed by atoms with van der Waals surface area (Å²) in [4.78, 5) is 41.1. The molecule has 0 aromatic heterocycles. The summed E-state index contributed by atoms with van der Waals surface area (Å²) in [6.45, 7) is 4.56. The van der Waals surface area contributed by atoms with Gasteiger partial charge >= 0.3 is 17.9 Å². The topological polar surface area (TPSA) is 208 Å². The second kappa shape index (κ2) is 50.4. The summed E-state index contributed by atoms with van der Waals surface area (Å²) in [6, 6.07) is 0. The number of carbonyl (C=O) groups excluding carboxylic acids is 3. The maximum absolute atomic E-state index is 13.9. The van der Waals surface area contributed by atoms with Crippen molar-refractivity contribution in [1.82, 2.24) is 0 Å². The van der Waals surface area contributed by atoms with Crippen LogP contribution in [0.4, 0.5) is 0 Å². The van der Waals surface area contributed by atoms with E-state index in [4.69, 9.17) is 28.4 Å². The van der Waals surface area contributed by atoms with E-state index < -0.39 is 92.5 Å². The summed E-state index contributed by atoms with van der Waals surface area (Å²) >= 11 is 0. The van der Waals surface area contributed by atoms with Crippen LogP contribution >= 0.6 is 0 Å². The van der Waals surface area contributed by atoms with E-state index in [9.17, 15) is 39.9 Å². The molecule has 2 saturated heterocycles. The van der Waals surface area contributed by atoms with Crippen molar-refractivity contribution in [2.24, 2.45) is 0 Å². The zero-order valence-electron chi connectivity index (χ0n) is 51.6.